The zero-order valence-corrected chi connectivity index (χ0v) is 20.2. The van der Waals surface area contributed by atoms with Crippen LogP contribution in [0.5, 0.6) is 0 Å². The zero-order chi connectivity index (χ0) is 23.4. The summed E-state index contributed by atoms with van der Waals surface area (Å²) >= 11 is 0. The number of carboxylic acids is 3. The fourth-order valence-corrected chi connectivity index (χ4v) is 3.53. The number of hydrogen-bond donors (Lipinski definition) is 6. The molecule has 0 aliphatic carbocycles. The summed E-state index contributed by atoms with van der Waals surface area (Å²) in [6, 6.07) is -0.796. The molecule has 0 aromatic carbocycles. The smallest absolute Gasteiger partial charge is 0.317 e. The van der Waals surface area contributed by atoms with Crippen LogP contribution in [-0.4, -0.2) is 165 Å². The van der Waals surface area contributed by atoms with E-state index in [0.717, 1.165) is 0 Å². The van der Waals surface area contributed by atoms with Crippen molar-refractivity contribution in [1.29, 1.82) is 0 Å². The number of hydrogen-bond acceptors (Lipinski definition) is 10. The van der Waals surface area contributed by atoms with Gasteiger partial charge in [-0.15, -0.1) is 0 Å². The molecule has 0 radical (unpaired) electrons. The second-order valence-electron chi connectivity index (χ2n) is 7.55. The molecule has 1 fully saturated rings. The minimum absolute atomic E-state index is 0. The Morgan fingerprint density at radius 1 is 0.625 bits per heavy atom. The third kappa shape index (κ3) is 12.6. The number of rotatable bonds is 10. The molecule has 1 saturated heterocycles. The van der Waals surface area contributed by atoms with Crippen molar-refractivity contribution < 1.29 is 85.0 Å². The first-order valence-corrected chi connectivity index (χ1v) is 10.1. The molecule has 1 rings (SSSR count). The van der Waals surface area contributed by atoms with Gasteiger partial charge in [0.15, 0.2) is 0 Å². The topological polar surface area (TPSA) is 186 Å². The van der Waals surface area contributed by atoms with Gasteiger partial charge in [0.05, 0.1) is 45.0 Å². The van der Waals surface area contributed by atoms with E-state index in [9.17, 15) is 39.9 Å². The van der Waals surface area contributed by atoms with Gasteiger partial charge in [-0.2, -0.15) is 0 Å². The Bertz CT molecular complexity index is 555. The summed E-state index contributed by atoms with van der Waals surface area (Å²) in [4.78, 5) is 40.3. The van der Waals surface area contributed by atoms with Crippen LogP contribution in [0, 0.1) is 39.9 Å². The minimum atomic E-state index is -1.22. The van der Waals surface area contributed by atoms with Crippen LogP contribution >= 0.6 is 0 Å². The van der Waals surface area contributed by atoms with Crippen LogP contribution in [0.1, 0.15) is 0 Å². The molecule has 13 nitrogen and oxygen atoms in total. The molecule has 2 atom stereocenters. The molecular weight excluding hydrogens is 573 g/mol. The van der Waals surface area contributed by atoms with Crippen molar-refractivity contribution in [2.45, 2.75) is 12.1 Å². The quantitative estimate of drug-likeness (QED) is 0.142. The van der Waals surface area contributed by atoms with Crippen molar-refractivity contribution in [3.05, 3.63) is 0 Å². The summed E-state index contributed by atoms with van der Waals surface area (Å²) < 4.78 is 0. The average molecular weight is 608 g/mol. The molecule has 1 heterocycles. The van der Waals surface area contributed by atoms with Crippen molar-refractivity contribution >= 4 is 17.9 Å². The van der Waals surface area contributed by atoms with Crippen molar-refractivity contribution in [3.8, 4) is 0 Å². The van der Waals surface area contributed by atoms with Crippen LogP contribution in [0.4, 0.5) is 0 Å². The van der Waals surface area contributed by atoms with E-state index < -0.39 is 43.3 Å². The number of aliphatic hydroxyl groups is 3. The standard InChI is InChI=1S/C18H34N4O9.Gd/c23-12-14(15(25)13-24)22-7-5-20(10-17(28)29)3-1-19(9-16(26)27)2-4-21(6-8-22)11-18(30)31;/h14-15,23-25H,1-13H2,(H,26,27)(H,28,29)(H,30,31);/t14-,15?;/m1./s1. The number of carboxylic acid groups (broad SMARTS) is 3. The van der Waals surface area contributed by atoms with Crippen molar-refractivity contribution in [2.75, 3.05) is 85.2 Å². The molecule has 0 spiro atoms. The van der Waals surface area contributed by atoms with Crippen LogP contribution < -0.4 is 0 Å². The number of aliphatic carboxylic acids is 3. The Morgan fingerprint density at radius 3 is 1.19 bits per heavy atom. The predicted molar refractivity (Wildman–Crippen MR) is 108 cm³/mol. The average Bonchev–Trinajstić information content (AvgIpc) is 2.68. The number of aliphatic hydroxyl groups excluding tert-OH is 3. The van der Waals surface area contributed by atoms with E-state index in [1.807, 2.05) is 0 Å². The van der Waals surface area contributed by atoms with Gasteiger partial charge < -0.3 is 30.6 Å². The summed E-state index contributed by atoms with van der Waals surface area (Å²) in [5.41, 5.74) is 0. The molecule has 0 aromatic rings. The molecule has 0 saturated carbocycles. The molecule has 32 heavy (non-hydrogen) atoms. The Labute approximate surface area is 218 Å². The first-order chi connectivity index (χ1) is 14.7. The van der Waals surface area contributed by atoms with Crippen LogP contribution in [0.3, 0.4) is 0 Å². The monoisotopic (exact) mass is 608 g/mol. The van der Waals surface area contributed by atoms with Crippen LogP contribution in [0.2, 0.25) is 0 Å². The van der Waals surface area contributed by atoms with Crippen LogP contribution in [-0.2, 0) is 14.4 Å². The first-order valence-electron chi connectivity index (χ1n) is 10.1. The van der Waals surface area contributed by atoms with Gasteiger partial charge in [-0.25, -0.2) is 0 Å². The van der Waals surface area contributed by atoms with Crippen molar-refractivity contribution in [3.63, 3.8) is 0 Å². The molecular formula is C18H34GdN4O9. The SMILES string of the molecule is O=C(O)CN1CCN(CC(=O)O)CCN([C@H](CO)C(O)CO)CCN(CC(=O)O)CC1.[Gd]. The summed E-state index contributed by atoms with van der Waals surface area (Å²) in [5, 5.41) is 56.6. The Morgan fingerprint density at radius 2 is 0.938 bits per heavy atom. The minimum Gasteiger partial charge on any atom is -0.480 e. The van der Waals surface area contributed by atoms with Gasteiger partial charge in [-0.05, 0) is 0 Å². The van der Waals surface area contributed by atoms with Crippen molar-refractivity contribution in [1.82, 2.24) is 19.6 Å². The Hall–Kier alpha value is -0.545. The van der Waals surface area contributed by atoms with Gasteiger partial charge in [-0.1, -0.05) is 0 Å². The van der Waals surface area contributed by atoms with E-state index in [-0.39, 0.29) is 112 Å². The second-order valence-corrected chi connectivity index (χ2v) is 7.55. The van der Waals surface area contributed by atoms with Gasteiger partial charge in [0.2, 0.25) is 0 Å². The summed E-state index contributed by atoms with van der Waals surface area (Å²) in [5.74, 6) is -3.10. The Balaban J connectivity index is 0.00000961. The van der Waals surface area contributed by atoms with E-state index in [0.29, 0.717) is 0 Å². The maximum absolute atomic E-state index is 11.2. The maximum atomic E-state index is 11.2. The molecule has 0 bridgehead atoms. The molecule has 188 valence electrons. The predicted octanol–water partition coefficient (Wildman–Crippen LogP) is -3.82. The third-order valence-corrected chi connectivity index (χ3v) is 5.24. The van der Waals surface area contributed by atoms with Gasteiger partial charge >= 0.3 is 17.9 Å². The molecule has 1 aliphatic heterocycles. The van der Waals surface area contributed by atoms with Crippen LogP contribution in [0.25, 0.3) is 0 Å². The molecule has 0 amide bonds. The summed E-state index contributed by atoms with van der Waals surface area (Å²) in [6.45, 7) is 0.396. The van der Waals surface area contributed by atoms with E-state index in [1.165, 1.54) is 0 Å². The summed E-state index contributed by atoms with van der Waals surface area (Å²) in [6.07, 6.45) is -1.22. The van der Waals surface area contributed by atoms with Gasteiger partial charge in [0.1, 0.15) is 0 Å². The normalized spacial score (nSPS) is 20.3. The second kappa shape index (κ2) is 17.0. The van der Waals surface area contributed by atoms with E-state index in [4.69, 9.17) is 5.11 Å². The summed E-state index contributed by atoms with van der Waals surface area (Å²) in [7, 11) is 0. The zero-order valence-electron chi connectivity index (χ0n) is 17.9. The molecule has 14 heteroatoms. The van der Waals surface area contributed by atoms with Gasteiger partial charge in [0.25, 0.3) is 0 Å². The molecule has 1 aliphatic rings. The largest absolute Gasteiger partial charge is 0.480 e. The first kappa shape index (κ1) is 31.5. The van der Waals surface area contributed by atoms with Gasteiger partial charge in [-0.3, -0.25) is 34.0 Å². The van der Waals surface area contributed by atoms with Gasteiger partial charge in [0, 0.05) is 92.3 Å². The molecule has 6 N–H and O–H groups in total. The third-order valence-electron chi connectivity index (χ3n) is 5.24. The van der Waals surface area contributed by atoms with Crippen molar-refractivity contribution in [2.24, 2.45) is 0 Å². The molecule has 0 aromatic heterocycles. The molecule has 1 unspecified atom stereocenters. The number of nitrogens with zero attached hydrogens (tertiary/aromatic N) is 4. The van der Waals surface area contributed by atoms with E-state index in [1.54, 1.807) is 19.6 Å². The fraction of sp³-hybridized carbons (Fsp3) is 0.833. The number of carbonyl (C=O) groups is 3. The van der Waals surface area contributed by atoms with E-state index in [2.05, 4.69) is 0 Å². The van der Waals surface area contributed by atoms with E-state index >= 15 is 0 Å². The Kier molecular flexibility index (Phi) is 16.7. The van der Waals surface area contributed by atoms with Crippen LogP contribution in [0.15, 0.2) is 0 Å². The maximum Gasteiger partial charge on any atom is 0.317 e. The fourth-order valence-electron chi connectivity index (χ4n) is 3.53.